The van der Waals surface area contributed by atoms with Gasteiger partial charge in [-0.25, -0.2) is 5.43 Å². The minimum atomic E-state index is -1.65. The number of hydrogen-bond donors (Lipinski definition) is 2. The zero-order valence-electron chi connectivity index (χ0n) is 15.3. The van der Waals surface area contributed by atoms with Crippen LogP contribution in [0.25, 0.3) is 0 Å². The number of allylic oxidation sites excluding steroid dienone is 2. The summed E-state index contributed by atoms with van der Waals surface area (Å²) in [6.07, 6.45) is 7.04. The molecule has 2 atom stereocenters. The summed E-state index contributed by atoms with van der Waals surface area (Å²) in [5.41, 5.74) is 3.32. The van der Waals surface area contributed by atoms with Gasteiger partial charge in [0.25, 0.3) is 5.91 Å². The summed E-state index contributed by atoms with van der Waals surface area (Å²) < 4.78 is 0. The molecule has 1 aromatic heterocycles. The molecule has 0 fully saturated rings. The van der Waals surface area contributed by atoms with Crippen LogP contribution in [0.1, 0.15) is 36.8 Å². The number of nitrogens with zero attached hydrogens (tertiary/aromatic N) is 2. The molecule has 1 heterocycles. The molecule has 0 aliphatic heterocycles. The van der Waals surface area contributed by atoms with Crippen molar-refractivity contribution in [3.05, 3.63) is 76.6 Å². The molecule has 1 aliphatic carbocycles. The highest BCUT2D eigenvalue weighted by Crippen LogP contribution is 2.47. The topological polar surface area (TPSA) is 91.6 Å². The molecule has 0 bridgehead atoms. The van der Waals surface area contributed by atoms with Gasteiger partial charge >= 0.3 is 5.97 Å². The zero-order chi connectivity index (χ0) is 20.1. The maximum Gasteiger partial charge on any atom is 0.320 e. The fourth-order valence-corrected chi connectivity index (χ4v) is 3.58. The number of pyridine rings is 1. The third-order valence-corrected chi connectivity index (χ3v) is 5.29. The van der Waals surface area contributed by atoms with Crippen LogP contribution < -0.4 is 5.43 Å². The van der Waals surface area contributed by atoms with E-state index in [1.165, 1.54) is 6.21 Å². The number of rotatable bonds is 5. The third-order valence-electron chi connectivity index (χ3n) is 5.04. The molecule has 3 rings (SSSR count). The first kappa shape index (κ1) is 19.8. The van der Waals surface area contributed by atoms with Crippen molar-refractivity contribution in [1.82, 2.24) is 10.4 Å². The molecule has 0 saturated carbocycles. The van der Waals surface area contributed by atoms with Crippen molar-refractivity contribution in [2.75, 3.05) is 0 Å². The summed E-state index contributed by atoms with van der Waals surface area (Å²) in [6.45, 7) is 1.94. The van der Waals surface area contributed by atoms with E-state index in [-0.39, 0.29) is 6.42 Å². The predicted octanol–water partition coefficient (Wildman–Crippen LogP) is 3.78. The highest BCUT2D eigenvalue weighted by molar-refractivity contribution is 6.30. The van der Waals surface area contributed by atoms with E-state index < -0.39 is 23.2 Å². The fraction of sp³-hybridized carbons (Fsp3) is 0.238. The number of amides is 1. The van der Waals surface area contributed by atoms with Gasteiger partial charge in [0.2, 0.25) is 0 Å². The number of aromatic nitrogens is 1. The highest BCUT2D eigenvalue weighted by atomic mass is 35.5. The molecule has 1 amide bonds. The minimum absolute atomic E-state index is 0.0953. The van der Waals surface area contributed by atoms with Gasteiger partial charge in [-0.1, -0.05) is 35.4 Å². The van der Waals surface area contributed by atoms with Crippen molar-refractivity contribution in [3.63, 3.8) is 0 Å². The molecular weight excluding hydrogens is 378 g/mol. The van der Waals surface area contributed by atoms with E-state index in [4.69, 9.17) is 11.6 Å². The van der Waals surface area contributed by atoms with Gasteiger partial charge < -0.3 is 5.11 Å². The second-order valence-corrected chi connectivity index (χ2v) is 7.26. The molecule has 0 radical (unpaired) electrons. The van der Waals surface area contributed by atoms with Crippen LogP contribution in [0.5, 0.6) is 0 Å². The molecule has 6 nitrogen and oxygen atoms in total. The van der Waals surface area contributed by atoms with Gasteiger partial charge in [-0.3, -0.25) is 14.6 Å². The molecule has 28 heavy (non-hydrogen) atoms. The van der Waals surface area contributed by atoms with Crippen molar-refractivity contribution < 1.29 is 14.7 Å². The Morgan fingerprint density at radius 2 is 1.93 bits per heavy atom. The Labute approximate surface area is 167 Å². The number of aliphatic carboxylic acids is 1. The van der Waals surface area contributed by atoms with Gasteiger partial charge in [0.05, 0.1) is 6.21 Å². The van der Waals surface area contributed by atoms with Crippen molar-refractivity contribution >= 4 is 29.7 Å². The Bertz CT molecular complexity index is 926. The minimum Gasteiger partial charge on any atom is -0.480 e. The summed E-state index contributed by atoms with van der Waals surface area (Å²) in [5, 5.41) is 14.6. The van der Waals surface area contributed by atoms with E-state index in [1.807, 2.05) is 13.0 Å². The maximum atomic E-state index is 13.0. The molecule has 2 N–H and O–H groups in total. The summed E-state index contributed by atoms with van der Waals surface area (Å²) in [5.74, 6) is -2.34. The van der Waals surface area contributed by atoms with Gasteiger partial charge in [0.15, 0.2) is 5.41 Å². The lowest BCUT2D eigenvalue weighted by molar-refractivity contribution is -0.158. The van der Waals surface area contributed by atoms with E-state index in [2.05, 4.69) is 15.5 Å². The fourth-order valence-electron chi connectivity index (χ4n) is 3.45. The Morgan fingerprint density at radius 1 is 1.25 bits per heavy atom. The third kappa shape index (κ3) is 3.97. The molecule has 7 heteroatoms. The van der Waals surface area contributed by atoms with Crippen molar-refractivity contribution in [1.29, 1.82) is 0 Å². The highest BCUT2D eigenvalue weighted by Gasteiger charge is 2.53. The monoisotopic (exact) mass is 397 g/mol. The van der Waals surface area contributed by atoms with E-state index in [1.54, 1.807) is 48.8 Å². The number of nitrogens with one attached hydrogen (secondary N) is 1. The normalized spacial score (nSPS) is 21.9. The van der Waals surface area contributed by atoms with Crippen LogP contribution in [0.4, 0.5) is 0 Å². The molecule has 0 spiro atoms. The number of halogens is 1. The molecule has 1 aliphatic rings. The summed E-state index contributed by atoms with van der Waals surface area (Å²) >= 11 is 5.97. The molecule has 2 aromatic rings. The maximum absolute atomic E-state index is 13.0. The van der Waals surface area contributed by atoms with E-state index >= 15 is 0 Å². The first-order chi connectivity index (χ1) is 13.4. The Kier molecular flexibility index (Phi) is 5.90. The largest absolute Gasteiger partial charge is 0.480 e. The van der Waals surface area contributed by atoms with Crippen LogP contribution in [0.3, 0.4) is 0 Å². The van der Waals surface area contributed by atoms with E-state index in [0.29, 0.717) is 11.4 Å². The molecule has 0 saturated heterocycles. The van der Waals surface area contributed by atoms with Gasteiger partial charge in [0.1, 0.15) is 0 Å². The molecule has 144 valence electrons. The molecular formula is C21H20ClN3O3. The smallest absolute Gasteiger partial charge is 0.320 e. The number of carboxylic acids is 1. The number of carbonyl (C=O) groups excluding carboxylic acids is 1. The second kappa shape index (κ2) is 8.35. The first-order valence-corrected chi connectivity index (χ1v) is 9.19. The standard InChI is InChI=1S/C21H20ClN3O3/c1-14-6-9-21(20(27)28,18(12-14)16-2-4-17(22)5-3-16)19(26)25-24-13-15-7-10-23-11-8-15/h2-8,10-11,13,18H,9,12H2,1H3,(H,25,26)(H,27,28)/b24-13+. The number of hydrogen-bond acceptors (Lipinski definition) is 4. The summed E-state index contributed by atoms with van der Waals surface area (Å²) in [4.78, 5) is 29.3. The predicted molar refractivity (Wildman–Crippen MR) is 107 cm³/mol. The van der Waals surface area contributed by atoms with Crippen molar-refractivity contribution in [2.45, 2.75) is 25.7 Å². The van der Waals surface area contributed by atoms with E-state index in [9.17, 15) is 14.7 Å². The van der Waals surface area contributed by atoms with E-state index in [0.717, 1.165) is 16.7 Å². The first-order valence-electron chi connectivity index (χ1n) is 8.81. The van der Waals surface area contributed by atoms with Crippen LogP contribution in [-0.4, -0.2) is 28.2 Å². The Hall–Kier alpha value is -2.99. The average molecular weight is 398 g/mol. The van der Waals surface area contributed by atoms with Crippen LogP contribution in [0.2, 0.25) is 5.02 Å². The SMILES string of the molecule is CC1=CCC(C(=O)O)(C(=O)N/N=C/c2ccncc2)C(c2ccc(Cl)cc2)C1. The van der Waals surface area contributed by atoms with Gasteiger partial charge in [-0.05, 0) is 55.2 Å². The van der Waals surface area contributed by atoms with Crippen molar-refractivity contribution in [3.8, 4) is 0 Å². The molecule has 1 aromatic carbocycles. The van der Waals surface area contributed by atoms with Crippen LogP contribution in [-0.2, 0) is 9.59 Å². The Morgan fingerprint density at radius 3 is 2.57 bits per heavy atom. The lowest BCUT2D eigenvalue weighted by Crippen LogP contribution is -2.50. The van der Waals surface area contributed by atoms with Crippen molar-refractivity contribution in [2.24, 2.45) is 10.5 Å². The van der Waals surface area contributed by atoms with Crippen LogP contribution in [0.15, 0.2) is 65.5 Å². The number of benzene rings is 1. The number of carbonyl (C=O) groups is 2. The lowest BCUT2D eigenvalue weighted by atomic mass is 9.64. The lowest BCUT2D eigenvalue weighted by Gasteiger charge is -2.38. The number of hydrazone groups is 1. The zero-order valence-corrected chi connectivity index (χ0v) is 16.1. The van der Waals surface area contributed by atoms with Gasteiger partial charge in [-0.15, -0.1) is 0 Å². The number of carboxylic acid groups (broad SMARTS) is 1. The van der Waals surface area contributed by atoms with Gasteiger partial charge in [-0.2, -0.15) is 5.10 Å². The van der Waals surface area contributed by atoms with Gasteiger partial charge in [0, 0.05) is 23.3 Å². The Balaban J connectivity index is 1.93. The summed E-state index contributed by atoms with van der Waals surface area (Å²) in [6, 6.07) is 10.4. The molecule has 2 unspecified atom stereocenters. The summed E-state index contributed by atoms with van der Waals surface area (Å²) in [7, 11) is 0. The second-order valence-electron chi connectivity index (χ2n) is 6.82. The van der Waals surface area contributed by atoms with Crippen LogP contribution >= 0.6 is 11.6 Å². The average Bonchev–Trinajstić information content (AvgIpc) is 2.69. The van der Waals surface area contributed by atoms with Crippen LogP contribution in [0, 0.1) is 5.41 Å². The quantitative estimate of drug-likeness (QED) is 0.347.